The summed E-state index contributed by atoms with van der Waals surface area (Å²) in [4.78, 5) is 3.90. The molecule has 3 atom stereocenters. The number of aromatic nitrogens is 3. The van der Waals surface area contributed by atoms with E-state index in [1.165, 1.54) is 25.7 Å². The minimum Gasteiger partial charge on any atom is -0.368 e. The van der Waals surface area contributed by atoms with Crippen LogP contribution in [0.1, 0.15) is 25.7 Å². The van der Waals surface area contributed by atoms with E-state index in [1.54, 1.807) is 0 Å². The molecular weight excluding hydrogens is 250 g/mol. The lowest BCUT2D eigenvalue weighted by molar-refractivity contribution is 0.390. The fourth-order valence-electron chi connectivity index (χ4n) is 3.07. The zero-order valence-electron chi connectivity index (χ0n) is 9.94. The van der Waals surface area contributed by atoms with Crippen molar-refractivity contribution in [3.8, 4) is 0 Å². The van der Waals surface area contributed by atoms with Gasteiger partial charge in [0.1, 0.15) is 0 Å². The summed E-state index contributed by atoms with van der Waals surface area (Å²) >= 11 is 5.23. The number of nitrogens with one attached hydrogen (secondary N) is 4. The summed E-state index contributed by atoms with van der Waals surface area (Å²) < 4.78 is 0. The predicted molar refractivity (Wildman–Crippen MR) is 72.5 cm³/mol. The molecule has 0 aromatic carbocycles. The Morgan fingerprint density at radius 1 is 1.39 bits per heavy atom. The third-order valence-corrected chi connectivity index (χ3v) is 4.07. The third kappa shape index (κ3) is 2.33. The van der Waals surface area contributed by atoms with Gasteiger partial charge in [0.2, 0.25) is 5.95 Å². The third-order valence-electron chi connectivity index (χ3n) is 3.85. The maximum Gasteiger partial charge on any atom is 0.262 e. The van der Waals surface area contributed by atoms with Gasteiger partial charge in [0.05, 0.1) is 0 Å². The molecule has 0 unspecified atom stereocenters. The Morgan fingerprint density at radius 2 is 2.28 bits per heavy atom. The number of thiocarbonyl (C=S) groups is 1. The second-order valence-corrected chi connectivity index (χ2v) is 5.46. The molecule has 0 amide bonds. The Hall–Kier alpha value is -1.57. The van der Waals surface area contributed by atoms with E-state index in [4.69, 9.17) is 18.0 Å². The average molecular weight is 267 g/mol. The maximum absolute atomic E-state index is 5.41. The number of hydrogen-bond acceptors (Lipinski definition) is 5. The molecule has 98 valence electrons. The van der Waals surface area contributed by atoms with Gasteiger partial charge in [0.25, 0.3) is 5.95 Å². The van der Waals surface area contributed by atoms with Gasteiger partial charge >= 0.3 is 0 Å². The van der Waals surface area contributed by atoms with Crippen LogP contribution >= 0.6 is 12.2 Å². The molecule has 2 aliphatic carbocycles. The summed E-state index contributed by atoms with van der Waals surface area (Å²) in [7, 11) is 0. The Bertz CT molecular complexity index is 445. The lowest BCUT2D eigenvalue weighted by Crippen LogP contribution is -2.46. The highest BCUT2D eigenvalue weighted by molar-refractivity contribution is 7.80. The monoisotopic (exact) mass is 267 g/mol. The lowest BCUT2D eigenvalue weighted by Gasteiger charge is -2.24. The van der Waals surface area contributed by atoms with Crippen molar-refractivity contribution in [2.24, 2.45) is 11.8 Å². The lowest BCUT2D eigenvalue weighted by atomic mass is 9.96. The zero-order valence-corrected chi connectivity index (χ0v) is 10.8. The van der Waals surface area contributed by atoms with Crippen molar-refractivity contribution in [3.63, 3.8) is 0 Å². The van der Waals surface area contributed by atoms with E-state index in [9.17, 15) is 0 Å². The molecular formula is C10H17N7S. The van der Waals surface area contributed by atoms with Gasteiger partial charge in [-0.05, 0) is 43.3 Å². The Kier molecular flexibility index (Phi) is 2.94. The highest BCUT2D eigenvalue weighted by atomic mass is 32.1. The zero-order chi connectivity index (χ0) is 12.5. The van der Waals surface area contributed by atoms with Crippen molar-refractivity contribution in [2.45, 2.75) is 31.7 Å². The summed E-state index contributed by atoms with van der Waals surface area (Å²) in [6, 6.07) is 0.516. The summed E-state index contributed by atoms with van der Waals surface area (Å²) in [5.41, 5.74) is 11.1. The van der Waals surface area contributed by atoms with Crippen LogP contribution in [0.2, 0.25) is 0 Å². The van der Waals surface area contributed by atoms with E-state index < -0.39 is 0 Å². The molecule has 0 aliphatic heterocycles. The van der Waals surface area contributed by atoms with Gasteiger partial charge in [-0.1, -0.05) is 6.42 Å². The maximum atomic E-state index is 5.41. The first-order chi connectivity index (χ1) is 8.70. The van der Waals surface area contributed by atoms with E-state index in [2.05, 4.69) is 31.3 Å². The number of hydrogen-bond donors (Lipinski definition) is 5. The molecule has 0 radical (unpaired) electrons. The van der Waals surface area contributed by atoms with Crippen LogP contribution in [0.15, 0.2) is 0 Å². The number of nitrogen functional groups attached to an aromatic ring is 1. The Labute approximate surface area is 110 Å². The number of H-pyrrole nitrogens is 1. The Balaban J connectivity index is 1.45. The molecule has 2 bridgehead atoms. The molecule has 2 aliphatic rings. The fraction of sp³-hybridized carbons (Fsp3) is 0.700. The number of nitrogens with zero attached hydrogens (tertiary/aromatic N) is 2. The summed E-state index contributed by atoms with van der Waals surface area (Å²) in [5, 5.41) is 10.3. The van der Waals surface area contributed by atoms with Crippen LogP contribution in [-0.2, 0) is 0 Å². The fourth-order valence-corrected chi connectivity index (χ4v) is 3.27. The van der Waals surface area contributed by atoms with Crippen LogP contribution in [-0.4, -0.2) is 26.3 Å². The number of nitrogens with two attached hydrogens (primary N) is 1. The van der Waals surface area contributed by atoms with E-state index in [1.807, 2.05) is 0 Å². The van der Waals surface area contributed by atoms with Gasteiger partial charge in [-0.15, -0.1) is 5.10 Å². The van der Waals surface area contributed by atoms with Crippen LogP contribution in [0.25, 0.3) is 0 Å². The minimum absolute atomic E-state index is 0.270. The van der Waals surface area contributed by atoms with Crippen molar-refractivity contribution < 1.29 is 0 Å². The molecule has 2 fully saturated rings. The van der Waals surface area contributed by atoms with E-state index in [0.717, 1.165) is 11.8 Å². The molecule has 3 rings (SSSR count). The van der Waals surface area contributed by atoms with Crippen molar-refractivity contribution in [3.05, 3.63) is 0 Å². The Morgan fingerprint density at radius 3 is 2.89 bits per heavy atom. The van der Waals surface area contributed by atoms with E-state index in [-0.39, 0.29) is 5.95 Å². The molecule has 2 saturated carbocycles. The number of hydrazine groups is 1. The summed E-state index contributed by atoms with van der Waals surface area (Å²) in [5.74, 6) is 2.33. The number of rotatable bonds is 3. The van der Waals surface area contributed by atoms with Crippen LogP contribution < -0.4 is 21.9 Å². The summed E-state index contributed by atoms with van der Waals surface area (Å²) in [6.45, 7) is 0. The van der Waals surface area contributed by atoms with Crippen molar-refractivity contribution in [1.82, 2.24) is 25.9 Å². The first-order valence-corrected chi connectivity index (χ1v) is 6.62. The van der Waals surface area contributed by atoms with Gasteiger partial charge in [0.15, 0.2) is 5.11 Å². The molecule has 1 aromatic heterocycles. The van der Waals surface area contributed by atoms with Crippen molar-refractivity contribution >= 4 is 29.2 Å². The minimum atomic E-state index is 0.270. The molecule has 1 aromatic rings. The van der Waals surface area contributed by atoms with Gasteiger partial charge in [-0.3, -0.25) is 10.9 Å². The van der Waals surface area contributed by atoms with Gasteiger partial charge in [0, 0.05) is 6.04 Å². The van der Waals surface area contributed by atoms with Crippen LogP contribution in [0.3, 0.4) is 0 Å². The van der Waals surface area contributed by atoms with E-state index >= 15 is 0 Å². The van der Waals surface area contributed by atoms with Gasteiger partial charge in [-0.25, -0.2) is 5.10 Å². The second kappa shape index (κ2) is 4.60. The largest absolute Gasteiger partial charge is 0.368 e. The highest BCUT2D eigenvalue weighted by Crippen LogP contribution is 2.44. The van der Waals surface area contributed by atoms with Gasteiger partial charge in [-0.2, -0.15) is 4.98 Å². The van der Waals surface area contributed by atoms with Crippen molar-refractivity contribution in [1.29, 1.82) is 0 Å². The number of fused-ring (bicyclic) bond motifs is 2. The molecule has 7 nitrogen and oxygen atoms in total. The molecule has 8 heteroatoms. The number of anilines is 2. The SMILES string of the molecule is Nc1nc(NNC(=S)N[C@H]2C[C@H]3CC[C@H]2C3)n[nH]1. The normalized spacial score (nSPS) is 29.2. The standard InChI is InChI=1S/C10H17N7S/c11-8-13-9(15-14-8)16-17-10(18)12-7-4-5-1-2-6(7)3-5/h5-7H,1-4H2,(H2,12,17,18)(H4,11,13,14,15,16)/t5-,6-,7-/m0/s1. The van der Waals surface area contributed by atoms with Crippen LogP contribution in [0.5, 0.6) is 0 Å². The first-order valence-electron chi connectivity index (χ1n) is 6.21. The molecule has 0 spiro atoms. The van der Waals surface area contributed by atoms with Gasteiger partial charge < -0.3 is 11.1 Å². The molecule has 0 saturated heterocycles. The highest BCUT2D eigenvalue weighted by Gasteiger charge is 2.39. The van der Waals surface area contributed by atoms with Crippen LogP contribution in [0.4, 0.5) is 11.9 Å². The molecule has 1 heterocycles. The van der Waals surface area contributed by atoms with E-state index in [0.29, 0.717) is 17.1 Å². The second-order valence-electron chi connectivity index (χ2n) is 5.05. The van der Waals surface area contributed by atoms with Crippen LogP contribution in [0, 0.1) is 11.8 Å². The summed E-state index contributed by atoms with van der Waals surface area (Å²) in [6.07, 6.45) is 5.30. The van der Waals surface area contributed by atoms with Crippen molar-refractivity contribution in [2.75, 3.05) is 11.2 Å². The quantitative estimate of drug-likeness (QED) is 0.398. The predicted octanol–water partition coefficient (Wildman–Crippen LogP) is 0.366. The number of aromatic amines is 1. The smallest absolute Gasteiger partial charge is 0.262 e. The first kappa shape index (κ1) is 11.5. The average Bonchev–Trinajstić information content (AvgIpc) is 3.03. The topological polar surface area (TPSA) is 104 Å². The molecule has 6 N–H and O–H groups in total. The molecule has 18 heavy (non-hydrogen) atoms.